The minimum absolute atomic E-state index is 0.0677. The molecule has 0 aliphatic heterocycles. The van der Waals surface area contributed by atoms with E-state index >= 15 is 0 Å². The predicted molar refractivity (Wildman–Crippen MR) is 90.2 cm³/mol. The van der Waals surface area contributed by atoms with Gasteiger partial charge in [-0.3, -0.25) is 0 Å². The van der Waals surface area contributed by atoms with Gasteiger partial charge in [0.1, 0.15) is 0 Å². The van der Waals surface area contributed by atoms with E-state index in [2.05, 4.69) is 0 Å². The van der Waals surface area contributed by atoms with Gasteiger partial charge in [-0.1, -0.05) is 11.6 Å². The minimum atomic E-state index is -0.754. The first-order valence-corrected chi connectivity index (χ1v) is 8.09. The summed E-state index contributed by atoms with van der Waals surface area (Å²) in [6.07, 6.45) is 3.17. The maximum Gasteiger partial charge on any atom is 0.341 e. The van der Waals surface area contributed by atoms with Gasteiger partial charge in [0.25, 0.3) is 0 Å². The van der Waals surface area contributed by atoms with E-state index in [1.165, 1.54) is 6.07 Å². The van der Waals surface area contributed by atoms with Gasteiger partial charge in [0.05, 0.1) is 22.7 Å². The molecule has 0 spiro atoms. The fourth-order valence-electron chi connectivity index (χ4n) is 2.44. The highest BCUT2D eigenvalue weighted by atomic mass is 35.5. The van der Waals surface area contributed by atoms with Gasteiger partial charge >= 0.3 is 5.97 Å². The van der Waals surface area contributed by atoms with Crippen LogP contribution in [0.5, 0.6) is 0 Å². The Labute approximate surface area is 145 Å². The van der Waals surface area contributed by atoms with Gasteiger partial charge in [-0.25, -0.2) is 9.18 Å². The number of fused-ring (bicyclic) bond motifs is 1. The molecule has 5 nitrogen and oxygen atoms in total. The first-order chi connectivity index (χ1) is 11.6. The van der Waals surface area contributed by atoms with Gasteiger partial charge in [0, 0.05) is 52.0 Å². The Bertz CT molecular complexity index is 701. The molecule has 0 N–H and O–H groups in total. The molecule has 2 aromatic rings. The molecular weight excluding hydrogens is 337 g/mol. The van der Waals surface area contributed by atoms with Crippen molar-refractivity contribution in [1.29, 1.82) is 0 Å². The molecule has 0 unspecified atom stereocenters. The van der Waals surface area contributed by atoms with E-state index in [0.29, 0.717) is 37.1 Å². The molecule has 0 amide bonds. The summed E-state index contributed by atoms with van der Waals surface area (Å²) in [7, 11) is 3.20. The van der Waals surface area contributed by atoms with E-state index in [9.17, 15) is 9.18 Å². The molecule has 0 bridgehead atoms. The first-order valence-electron chi connectivity index (χ1n) is 7.72. The summed E-state index contributed by atoms with van der Waals surface area (Å²) in [5.74, 6) is -1.48. The normalized spacial score (nSPS) is 11.2. The van der Waals surface area contributed by atoms with Crippen molar-refractivity contribution in [2.75, 3.05) is 34.0 Å². The number of carbonyl (C=O) groups excluding carboxylic acids is 1. The second-order valence-electron chi connectivity index (χ2n) is 5.32. The number of benzene rings is 1. The lowest BCUT2D eigenvalue weighted by Gasteiger charge is -2.10. The van der Waals surface area contributed by atoms with E-state index in [4.69, 9.17) is 25.8 Å². The number of ether oxygens (including phenoxy) is 3. The average molecular weight is 358 g/mol. The highest BCUT2D eigenvalue weighted by molar-refractivity contribution is 6.36. The van der Waals surface area contributed by atoms with Crippen LogP contribution in [0.2, 0.25) is 5.02 Å². The van der Waals surface area contributed by atoms with Gasteiger partial charge in [-0.05, 0) is 18.6 Å². The third kappa shape index (κ3) is 4.26. The fourth-order valence-corrected chi connectivity index (χ4v) is 2.70. The van der Waals surface area contributed by atoms with Gasteiger partial charge in [-0.2, -0.15) is 0 Å². The molecule has 1 aromatic heterocycles. The van der Waals surface area contributed by atoms with Crippen LogP contribution in [0.4, 0.5) is 4.39 Å². The number of halogens is 2. The number of hydrogen-bond donors (Lipinski definition) is 0. The molecule has 1 heterocycles. The monoisotopic (exact) mass is 357 g/mol. The van der Waals surface area contributed by atoms with E-state index in [1.807, 2.05) is 10.8 Å². The summed E-state index contributed by atoms with van der Waals surface area (Å²) in [5.41, 5.74) is 0.540. The van der Waals surface area contributed by atoms with Crippen LogP contribution < -0.4 is 0 Å². The number of methoxy groups -OCH3 is 2. The zero-order valence-corrected chi connectivity index (χ0v) is 14.6. The van der Waals surface area contributed by atoms with Crippen molar-refractivity contribution in [2.45, 2.75) is 19.4 Å². The summed E-state index contributed by atoms with van der Waals surface area (Å²) in [5, 5.41) is 0.504. The summed E-state index contributed by atoms with van der Waals surface area (Å²) in [6, 6.07) is 3.23. The van der Waals surface area contributed by atoms with Gasteiger partial charge in [-0.15, -0.1) is 0 Å². The Kier molecular flexibility index (Phi) is 7.02. The summed E-state index contributed by atoms with van der Waals surface area (Å²) >= 11 is 6.09. The number of aromatic nitrogens is 1. The topological polar surface area (TPSA) is 49.7 Å². The van der Waals surface area contributed by atoms with Crippen LogP contribution >= 0.6 is 11.6 Å². The maximum absolute atomic E-state index is 14.4. The van der Waals surface area contributed by atoms with Crippen LogP contribution in [0.25, 0.3) is 10.9 Å². The number of carbonyl (C=O) groups is 1. The van der Waals surface area contributed by atoms with Crippen molar-refractivity contribution in [1.82, 2.24) is 4.57 Å². The molecule has 0 radical (unpaired) electrons. The van der Waals surface area contributed by atoms with E-state index in [-0.39, 0.29) is 17.2 Å². The van der Waals surface area contributed by atoms with Crippen LogP contribution in [-0.4, -0.2) is 44.6 Å². The van der Waals surface area contributed by atoms with E-state index in [1.54, 1.807) is 20.3 Å². The lowest BCUT2D eigenvalue weighted by molar-refractivity contribution is 0.0463. The molecule has 132 valence electrons. The number of hydrogen-bond acceptors (Lipinski definition) is 4. The first kappa shape index (κ1) is 18.7. The summed E-state index contributed by atoms with van der Waals surface area (Å²) in [6.45, 7) is 1.93. The molecular formula is C17H21ClFNO4. The largest absolute Gasteiger partial charge is 0.462 e. The van der Waals surface area contributed by atoms with Crippen LogP contribution in [0.3, 0.4) is 0 Å². The highest BCUT2D eigenvalue weighted by Crippen LogP contribution is 2.30. The van der Waals surface area contributed by atoms with Crippen molar-refractivity contribution in [2.24, 2.45) is 0 Å². The second-order valence-corrected chi connectivity index (χ2v) is 5.70. The Balaban J connectivity index is 2.24. The van der Waals surface area contributed by atoms with Crippen LogP contribution in [0.1, 0.15) is 23.2 Å². The number of nitrogens with zero attached hydrogens (tertiary/aromatic N) is 1. The van der Waals surface area contributed by atoms with Gasteiger partial charge < -0.3 is 18.8 Å². The van der Waals surface area contributed by atoms with E-state index in [0.717, 1.165) is 6.42 Å². The predicted octanol–water partition coefficient (Wildman–Crippen LogP) is 3.66. The quantitative estimate of drug-likeness (QED) is 0.507. The molecule has 1 aromatic carbocycles. The molecule has 0 aliphatic rings. The standard InChI is InChI=1S/C17H21ClFNO4/c1-22-8-3-6-20-7-5-12-14(20)11-13(16(19)15(12)18)17(21)24-10-4-9-23-2/h5,7,11H,3-4,6,8-10H2,1-2H3. The zero-order chi connectivity index (χ0) is 17.5. The Morgan fingerprint density at radius 2 is 1.92 bits per heavy atom. The van der Waals surface area contributed by atoms with Crippen molar-refractivity contribution in [3.8, 4) is 0 Å². The number of esters is 1. The van der Waals surface area contributed by atoms with E-state index < -0.39 is 11.8 Å². The fraction of sp³-hybridized carbons (Fsp3) is 0.471. The Morgan fingerprint density at radius 1 is 1.21 bits per heavy atom. The molecule has 7 heteroatoms. The smallest absolute Gasteiger partial charge is 0.341 e. The van der Waals surface area contributed by atoms with Crippen LogP contribution in [0.15, 0.2) is 18.3 Å². The van der Waals surface area contributed by atoms with Gasteiger partial charge in [0.15, 0.2) is 5.82 Å². The molecule has 0 atom stereocenters. The molecule has 24 heavy (non-hydrogen) atoms. The zero-order valence-electron chi connectivity index (χ0n) is 13.8. The molecule has 2 rings (SSSR count). The van der Waals surface area contributed by atoms with Gasteiger partial charge in [0.2, 0.25) is 0 Å². The maximum atomic E-state index is 14.4. The third-order valence-electron chi connectivity index (χ3n) is 3.65. The van der Waals surface area contributed by atoms with Crippen LogP contribution in [0, 0.1) is 5.82 Å². The minimum Gasteiger partial charge on any atom is -0.462 e. The van der Waals surface area contributed by atoms with Crippen molar-refractivity contribution >= 4 is 28.5 Å². The Morgan fingerprint density at radius 3 is 2.62 bits per heavy atom. The lowest BCUT2D eigenvalue weighted by Crippen LogP contribution is -2.11. The second kappa shape index (κ2) is 9.01. The lowest BCUT2D eigenvalue weighted by atomic mass is 10.1. The molecule has 0 saturated carbocycles. The summed E-state index contributed by atoms with van der Waals surface area (Å²) < 4.78 is 31.3. The highest BCUT2D eigenvalue weighted by Gasteiger charge is 2.20. The Hall–Kier alpha value is -1.63. The average Bonchev–Trinajstić information content (AvgIpc) is 2.98. The number of aryl methyl sites for hydroxylation is 1. The van der Waals surface area contributed by atoms with Crippen molar-refractivity contribution in [3.63, 3.8) is 0 Å². The van der Waals surface area contributed by atoms with Crippen LogP contribution in [-0.2, 0) is 20.8 Å². The molecule has 0 aliphatic carbocycles. The molecule has 0 fully saturated rings. The molecule has 0 saturated heterocycles. The number of rotatable bonds is 9. The van der Waals surface area contributed by atoms with Crippen molar-refractivity contribution in [3.05, 3.63) is 34.7 Å². The van der Waals surface area contributed by atoms with Crippen molar-refractivity contribution < 1.29 is 23.4 Å². The summed E-state index contributed by atoms with van der Waals surface area (Å²) in [4.78, 5) is 12.1. The third-order valence-corrected chi connectivity index (χ3v) is 4.02. The SMILES string of the molecule is COCCCOC(=O)c1cc2c(ccn2CCCOC)c(Cl)c1F.